The molecule has 0 aromatic carbocycles. The first-order valence-electron chi connectivity index (χ1n) is 11.7. The predicted molar refractivity (Wildman–Crippen MR) is 110 cm³/mol. The zero-order valence-electron chi connectivity index (χ0n) is 17.6. The number of hydrogen-bond donors (Lipinski definition) is 1. The van der Waals surface area contributed by atoms with Gasteiger partial charge in [0.15, 0.2) is 6.29 Å². The number of unbranched alkanes of at least 4 members (excludes halogenated alkanes) is 16. The van der Waals surface area contributed by atoms with Crippen LogP contribution >= 0.6 is 0 Å². The third kappa shape index (κ3) is 14.0. The van der Waals surface area contributed by atoms with E-state index in [9.17, 15) is 0 Å². The fraction of sp³-hybridized carbons (Fsp3) is 1.00. The molecule has 0 amide bonds. The fourth-order valence-corrected chi connectivity index (χ4v) is 3.79. The van der Waals surface area contributed by atoms with Crippen molar-refractivity contribution in [3.63, 3.8) is 0 Å². The molecule has 0 aromatic rings. The fourth-order valence-electron chi connectivity index (χ4n) is 3.79. The zero-order valence-corrected chi connectivity index (χ0v) is 17.6. The lowest BCUT2D eigenvalue weighted by Crippen LogP contribution is -2.16. The van der Waals surface area contributed by atoms with Gasteiger partial charge in [-0.15, -0.1) is 0 Å². The Kier molecular flexibility index (Phi) is 16.8. The largest absolute Gasteiger partial charge is 0.394 e. The molecule has 3 heteroatoms. The quantitative estimate of drug-likeness (QED) is 0.255. The second kappa shape index (κ2) is 18.3. The van der Waals surface area contributed by atoms with Crippen LogP contribution in [0.5, 0.6) is 0 Å². The number of aliphatic hydroxyl groups is 1. The highest BCUT2D eigenvalue weighted by Crippen LogP contribution is 2.18. The molecule has 1 rings (SSSR count). The minimum absolute atomic E-state index is 0.0662. The summed E-state index contributed by atoms with van der Waals surface area (Å²) in [6.45, 7) is 2.92. The van der Waals surface area contributed by atoms with Crippen LogP contribution in [-0.4, -0.2) is 30.7 Å². The normalized spacial score (nSPS) is 20.1. The molecule has 2 unspecified atom stereocenters. The van der Waals surface area contributed by atoms with Gasteiger partial charge in [-0.05, 0) is 12.8 Å². The highest BCUT2D eigenvalue weighted by molar-refractivity contribution is 4.64. The molecular weight excluding hydrogens is 324 g/mol. The molecular formula is C23H46O3. The monoisotopic (exact) mass is 370 g/mol. The summed E-state index contributed by atoms with van der Waals surface area (Å²) < 4.78 is 11.1. The Morgan fingerprint density at radius 3 is 1.46 bits per heavy atom. The van der Waals surface area contributed by atoms with Gasteiger partial charge in [-0.2, -0.15) is 0 Å². The lowest BCUT2D eigenvalue weighted by atomic mass is 10.0. The third-order valence-electron chi connectivity index (χ3n) is 5.56. The van der Waals surface area contributed by atoms with E-state index >= 15 is 0 Å². The van der Waals surface area contributed by atoms with Gasteiger partial charge in [0.05, 0.1) is 13.2 Å². The SMILES string of the molecule is CCCCCCCCCCCCCCCCCCCC1OCC(CO)O1. The van der Waals surface area contributed by atoms with Crippen LogP contribution in [0.25, 0.3) is 0 Å². The van der Waals surface area contributed by atoms with Gasteiger partial charge in [0.2, 0.25) is 0 Å². The molecule has 0 saturated carbocycles. The van der Waals surface area contributed by atoms with Crippen molar-refractivity contribution < 1.29 is 14.6 Å². The van der Waals surface area contributed by atoms with Crippen LogP contribution in [0, 0.1) is 0 Å². The Hall–Kier alpha value is -0.120. The molecule has 3 nitrogen and oxygen atoms in total. The van der Waals surface area contributed by atoms with Crippen molar-refractivity contribution in [2.24, 2.45) is 0 Å². The number of hydrogen-bond acceptors (Lipinski definition) is 3. The zero-order chi connectivity index (χ0) is 18.7. The standard InChI is InChI=1S/C23H46O3/c1-2-3-4-5-6-7-8-9-10-11-12-13-14-15-16-17-18-19-23-25-21-22(20-24)26-23/h22-24H,2-21H2,1H3. The second-order valence-corrected chi connectivity index (χ2v) is 8.15. The van der Waals surface area contributed by atoms with Gasteiger partial charge in [-0.3, -0.25) is 0 Å². The van der Waals surface area contributed by atoms with Crippen LogP contribution in [0.1, 0.15) is 122 Å². The van der Waals surface area contributed by atoms with Crippen molar-refractivity contribution in [1.82, 2.24) is 0 Å². The van der Waals surface area contributed by atoms with Gasteiger partial charge in [-0.25, -0.2) is 0 Å². The van der Waals surface area contributed by atoms with Crippen LogP contribution in [0.2, 0.25) is 0 Å². The first-order valence-corrected chi connectivity index (χ1v) is 11.7. The van der Waals surface area contributed by atoms with E-state index in [0.717, 1.165) is 6.42 Å². The van der Waals surface area contributed by atoms with E-state index in [1.54, 1.807) is 0 Å². The van der Waals surface area contributed by atoms with Crippen LogP contribution in [-0.2, 0) is 9.47 Å². The van der Waals surface area contributed by atoms with Gasteiger partial charge in [0.25, 0.3) is 0 Å². The average Bonchev–Trinajstić information content (AvgIpc) is 3.12. The summed E-state index contributed by atoms with van der Waals surface area (Å²) in [5, 5.41) is 9.00. The van der Waals surface area contributed by atoms with Crippen LogP contribution in [0.3, 0.4) is 0 Å². The lowest BCUT2D eigenvalue weighted by molar-refractivity contribution is -0.0701. The van der Waals surface area contributed by atoms with E-state index in [1.165, 1.54) is 109 Å². The lowest BCUT2D eigenvalue weighted by Gasteiger charge is -2.09. The van der Waals surface area contributed by atoms with Crippen molar-refractivity contribution in [3.05, 3.63) is 0 Å². The van der Waals surface area contributed by atoms with E-state index in [4.69, 9.17) is 14.6 Å². The maximum Gasteiger partial charge on any atom is 0.158 e. The van der Waals surface area contributed by atoms with Crippen molar-refractivity contribution >= 4 is 0 Å². The first-order chi connectivity index (χ1) is 12.9. The highest BCUT2D eigenvalue weighted by Gasteiger charge is 2.24. The summed E-state index contributed by atoms with van der Waals surface area (Å²) in [5.74, 6) is 0. The van der Waals surface area contributed by atoms with E-state index in [1.807, 2.05) is 0 Å². The van der Waals surface area contributed by atoms with Gasteiger partial charge in [0, 0.05) is 0 Å². The molecule has 0 aliphatic carbocycles. The third-order valence-corrected chi connectivity index (χ3v) is 5.56. The van der Waals surface area contributed by atoms with Gasteiger partial charge >= 0.3 is 0 Å². The molecule has 1 heterocycles. The molecule has 1 fully saturated rings. The summed E-state index contributed by atoms with van der Waals surface area (Å²) in [4.78, 5) is 0. The Labute approximate surface area is 163 Å². The van der Waals surface area contributed by atoms with Gasteiger partial charge in [-0.1, -0.05) is 110 Å². The predicted octanol–water partition coefficient (Wildman–Crippen LogP) is 6.76. The minimum atomic E-state index is -0.0919. The summed E-state index contributed by atoms with van der Waals surface area (Å²) in [6.07, 6.45) is 24.7. The molecule has 0 radical (unpaired) electrons. The summed E-state index contributed by atoms with van der Waals surface area (Å²) in [5.41, 5.74) is 0. The van der Waals surface area contributed by atoms with Crippen LogP contribution < -0.4 is 0 Å². The second-order valence-electron chi connectivity index (χ2n) is 8.15. The minimum Gasteiger partial charge on any atom is -0.394 e. The van der Waals surface area contributed by atoms with Crippen molar-refractivity contribution in [1.29, 1.82) is 0 Å². The number of ether oxygens (including phenoxy) is 2. The average molecular weight is 371 g/mol. The number of rotatable bonds is 19. The Balaban J connectivity index is 1.67. The summed E-state index contributed by atoms with van der Waals surface area (Å²) >= 11 is 0. The van der Waals surface area contributed by atoms with Crippen molar-refractivity contribution in [2.45, 2.75) is 135 Å². The molecule has 26 heavy (non-hydrogen) atoms. The Morgan fingerprint density at radius 1 is 0.654 bits per heavy atom. The van der Waals surface area contributed by atoms with Crippen LogP contribution in [0.4, 0.5) is 0 Å². The molecule has 1 aliphatic rings. The summed E-state index contributed by atoms with van der Waals surface area (Å²) in [7, 11) is 0. The number of aliphatic hydroxyl groups excluding tert-OH is 1. The summed E-state index contributed by atoms with van der Waals surface area (Å²) in [6, 6.07) is 0. The van der Waals surface area contributed by atoms with E-state index < -0.39 is 0 Å². The van der Waals surface area contributed by atoms with Crippen molar-refractivity contribution in [2.75, 3.05) is 13.2 Å². The molecule has 0 bridgehead atoms. The van der Waals surface area contributed by atoms with Gasteiger partial charge in [0.1, 0.15) is 6.10 Å². The molecule has 1 N–H and O–H groups in total. The van der Waals surface area contributed by atoms with E-state index in [-0.39, 0.29) is 19.0 Å². The van der Waals surface area contributed by atoms with E-state index in [0.29, 0.717) is 6.61 Å². The maximum absolute atomic E-state index is 9.00. The van der Waals surface area contributed by atoms with Crippen molar-refractivity contribution in [3.8, 4) is 0 Å². The molecule has 156 valence electrons. The maximum atomic E-state index is 9.00. The molecule has 1 saturated heterocycles. The smallest absolute Gasteiger partial charge is 0.158 e. The Morgan fingerprint density at radius 2 is 1.08 bits per heavy atom. The highest BCUT2D eigenvalue weighted by atomic mass is 16.7. The van der Waals surface area contributed by atoms with Crippen LogP contribution in [0.15, 0.2) is 0 Å². The molecule has 0 spiro atoms. The Bertz CT molecular complexity index is 283. The molecule has 1 aliphatic heterocycles. The van der Waals surface area contributed by atoms with E-state index in [2.05, 4.69) is 6.92 Å². The van der Waals surface area contributed by atoms with Gasteiger partial charge < -0.3 is 14.6 Å². The topological polar surface area (TPSA) is 38.7 Å². The molecule has 0 aromatic heterocycles. The first kappa shape index (κ1) is 23.9. The molecule has 2 atom stereocenters.